The second-order valence-corrected chi connectivity index (χ2v) is 6.75. The Balaban J connectivity index is 1.48. The van der Waals surface area contributed by atoms with E-state index in [0.717, 1.165) is 44.9 Å². The van der Waals surface area contributed by atoms with Crippen LogP contribution in [0.5, 0.6) is 0 Å². The van der Waals surface area contributed by atoms with Crippen LogP contribution in [-0.4, -0.2) is 29.1 Å². The maximum absolute atomic E-state index is 10.4. The molecule has 2 saturated heterocycles. The van der Waals surface area contributed by atoms with Crippen LogP contribution in [0.4, 0.5) is 0 Å². The summed E-state index contributed by atoms with van der Waals surface area (Å²) in [6.07, 6.45) is 16.1. The molecule has 4 heteroatoms. The standard InChI is InChI=1S/C18H30O4/c1-18-14-10-12-16(22-18)15(21-18)11-8-6-4-2-3-5-7-9-13-17(19)20/h6,8,15-16H,2-5,7,9-14H2,1H3,(H,19,20)/b8-6-. The molecule has 0 aromatic rings. The lowest BCUT2D eigenvalue weighted by molar-refractivity contribution is -0.178. The lowest BCUT2D eigenvalue weighted by Crippen LogP contribution is -2.30. The molecule has 126 valence electrons. The Morgan fingerprint density at radius 1 is 1.18 bits per heavy atom. The fourth-order valence-electron chi connectivity index (χ4n) is 3.42. The maximum Gasteiger partial charge on any atom is 0.303 e. The van der Waals surface area contributed by atoms with E-state index >= 15 is 0 Å². The number of fused-ring (bicyclic) bond motifs is 2. The van der Waals surface area contributed by atoms with Gasteiger partial charge in [0.25, 0.3) is 0 Å². The Hall–Kier alpha value is -0.870. The van der Waals surface area contributed by atoms with Gasteiger partial charge in [-0.25, -0.2) is 0 Å². The predicted octanol–water partition coefficient (Wildman–Crippen LogP) is 4.43. The summed E-state index contributed by atoms with van der Waals surface area (Å²) in [7, 11) is 0. The fourth-order valence-corrected chi connectivity index (χ4v) is 3.42. The SMILES string of the molecule is CC12CCCC(O1)C(C/C=C\CCCCCCCC(=O)O)O2. The molecule has 0 aromatic carbocycles. The number of rotatable bonds is 10. The highest BCUT2D eigenvalue weighted by molar-refractivity contribution is 5.66. The summed E-state index contributed by atoms with van der Waals surface area (Å²) in [6, 6.07) is 0. The van der Waals surface area contributed by atoms with Crippen LogP contribution in [0.15, 0.2) is 12.2 Å². The van der Waals surface area contributed by atoms with Gasteiger partial charge in [0.2, 0.25) is 0 Å². The Kier molecular flexibility index (Phi) is 6.90. The highest BCUT2D eigenvalue weighted by atomic mass is 16.8. The highest BCUT2D eigenvalue weighted by Crippen LogP contribution is 2.40. The van der Waals surface area contributed by atoms with Crippen LogP contribution in [0, 0.1) is 0 Å². The average molecular weight is 310 g/mol. The zero-order chi connectivity index (χ0) is 15.8. The van der Waals surface area contributed by atoms with E-state index in [1.54, 1.807) is 0 Å². The van der Waals surface area contributed by atoms with Crippen molar-refractivity contribution in [1.82, 2.24) is 0 Å². The quantitative estimate of drug-likeness (QED) is 0.479. The Morgan fingerprint density at radius 2 is 1.95 bits per heavy atom. The maximum atomic E-state index is 10.4. The van der Waals surface area contributed by atoms with Gasteiger partial charge in [-0.3, -0.25) is 4.79 Å². The third-order valence-corrected chi connectivity index (χ3v) is 4.63. The summed E-state index contributed by atoms with van der Waals surface area (Å²) >= 11 is 0. The molecule has 2 aliphatic rings. The monoisotopic (exact) mass is 310 g/mol. The van der Waals surface area contributed by atoms with Gasteiger partial charge in [-0.1, -0.05) is 31.4 Å². The summed E-state index contributed by atoms with van der Waals surface area (Å²) in [5.41, 5.74) is 0. The van der Waals surface area contributed by atoms with Crippen LogP contribution in [0.1, 0.15) is 77.6 Å². The van der Waals surface area contributed by atoms with Crippen molar-refractivity contribution in [2.24, 2.45) is 0 Å². The minimum absolute atomic E-state index is 0.236. The van der Waals surface area contributed by atoms with Gasteiger partial charge in [0.15, 0.2) is 5.79 Å². The number of unbranched alkanes of at least 4 members (excludes halogenated alkanes) is 5. The third-order valence-electron chi connectivity index (χ3n) is 4.63. The van der Waals surface area contributed by atoms with E-state index in [1.165, 1.54) is 19.3 Å². The van der Waals surface area contributed by atoms with Crippen molar-refractivity contribution in [2.75, 3.05) is 0 Å². The second kappa shape index (κ2) is 8.68. The molecule has 1 N–H and O–H groups in total. The predicted molar refractivity (Wildman–Crippen MR) is 85.7 cm³/mol. The summed E-state index contributed by atoms with van der Waals surface area (Å²) in [5.74, 6) is -1.00. The Morgan fingerprint density at radius 3 is 2.73 bits per heavy atom. The number of carboxylic acids is 1. The first-order valence-electron chi connectivity index (χ1n) is 8.81. The van der Waals surface area contributed by atoms with Gasteiger partial charge < -0.3 is 14.6 Å². The van der Waals surface area contributed by atoms with Crippen LogP contribution in [0.2, 0.25) is 0 Å². The zero-order valence-corrected chi connectivity index (χ0v) is 13.8. The Bertz CT molecular complexity index is 379. The van der Waals surface area contributed by atoms with Crippen molar-refractivity contribution in [3.63, 3.8) is 0 Å². The van der Waals surface area contributed by atoms with Crippen LogP contribution >= 0.6 is 0 Å². The first-order chi connectivity index (χ1) is 10.6. The number of carboxylic acid groups (broad SMARTS) is 1. The van der Waals surface area contributed by atoms with Crippen molar-refractivity contribution in [1.29, 1.82) is 0 Å². The molecule has 0 aromatic heterocycles. The molecule has 3 atom stereocenters. The van der Waals surface area contributed by atoms with Gasteiger partial charge in [0.05, 0.1) is 12.2 Å². The highest BCUT2D eigenvalue weighted by Gasteiger charge is 2.46. The van der Waals surface area contributed by atoms with Crippen molar-refractivity contribution in [3.8, 4) is 0 Å². The summed E-state index contributed by atoms with van der Waals surface area (Å²) in [6.45, 7) is 2.06. The molecule has 0 spiro atoms. The van der Waals surface area contributed by atoms with Gasteiger partial charge in [-0.05, 0) is 45.4 Å². The number of carbonyl (C=O) groups is 1. The molecule has 2 aliphatic heterocycles. The molecule has 3 unspecified atom stereocenters. The van der Waals surface area contributed by atoms with Gasteiger partial charge in [-0.15, -0.1) is 0 Å². The molecular formula is C18H30O4. The molecule has 22 heavy (non-hydrogen) atoms. The molecule has 0 radical (unpaired) electrons. The van der Waals surface area contributed by atoms with E-state index in [-0.39, 0.29) is 18.0 Å². The molecule has 2 heterocycles. The van der Waals surface area contributed by atoms with E-state index in [0.29, 0.717) is 6.42 Å². The fraction of sp³-hybridized carbons (Fsp3) is 0.833. The molecular weight excluding hydrogens is 280 g/mol. The van der Waals surface area contributed by atoms with Crippen LogP contribution in [0.25, 0.3) is 0 Å². The largest absolute Gasteiger partial charge is 0.481 e. The van der Waals surface area contributed by atoms with Crippen LogP contribution < -0.4 is 0 Å². The molecule has 2 fully saturated rings. The molecule has 2 rings (SSSR count). The lowest BCUT2D eigenvalue weighted by Gasteiger charge is -2.26. The molecule has 4 nitrogen and oxygen atoms in total. The smallest absolute Gasteiger partial charge is 0.303 e. The first-order valence-corrected chi connectivity index (χ1v) is 8.81. The summed E-state index contributed by atoms with van der Waals surface area (Å²) in [5, 5.41) is 8.55. The van der Waals surface area contributed by atoms with Gasteiger partial charge in [0, 0.05) is 12.8 Å². The molecule has 0 aliphatic carbocycles. The topological polar surface area (TPSA) is 55.8 Å². The van der Waals surface area contributed by atoms with E-state index < -0.39 is 5.97 Å². The van der Waals surface area contributed by atoms with E-state index in [1.807, 2.05) is 0 Å². The third kappa shape index (κ3) is 5.73. The normalized spacial score (nSPS) is 31.0. The van der Waals surface area contributed by atoms with Crippen molar-refractivity contribution >= 4 is 5.97 Å². The van der Waals surface area contributed by atoms with Gasteiger partial charge in [-0.2, -0.15) is 0 Å². The van der Waals surface area contributed by atoms with Crippen molar-refractivity contribution < 1.29 is 19.4 Å². The second-order valence-electron chi connectivity index (χ2n) is 6.75. The number of hydrogen-bond acceptors (Lipinski definition) is 3. The minimum Gasteiger partial charge on any atom is -0.481 e. The average Bonchev–Trinajstić information content (AvgIpc) is 2.69. The van der Waals surface area contributed by atoms with Gasteiger partial charge in [0.1, 0.15) is 0 Å². The van der Waals surface area contributed by atoms with Crippen LogP contribution in [-0.2, 0) is 14.3 Å². The molecule has 0 saturated carbocycles. The number of aliphatic carboxylic acids is 1. The molecule has 0 amide bonds. The van der Waals surface area contributed by atoms with Crippen molar-refractivity contribution in [2.45, 2.75) is 95.5 Å². The number of hydrogen-bond donors (Lipinski definition) is 1. The van der Waals surface area contributed by atoms with E-state index in [9.17, 15) is 4.79 Å². The van der Waals surface area contributed by atoms with Gasteiger partial charge >= 0.3 is 5.97 Å². The minimum atomic E-state index is -0.681. The van der Waals surface area contributed by atoms with Crippen LogP contribution in [0.3, 0.4) is 0 Å². The summed E-state index contributed by atoms with van der Waals surface area (Å²) in [4.78, 5) is 10.4. The number of ether oxygens (including phenoxy) is 2. The van der Waals surface area contributed by atoms with E-state index in [4.69, 9.17) is 14.6 Å². The number of allylic oxidation sites excluding steroid dienone is 1. The molecule has 2 bridgehead atoms. The summed E-state index contributed by atoms with van der Waals surface area (Å²) < 4.78 is 12.0. The lowest BCUT2D eigenvalue weighted by atomic mass is 10.0. The van der Waals surface area contributed by atoms with E-state index in [2.05, 4.69) is 19.1 Å². The zero-order valence-electron chi connectivity index (χ0n) is 13.8. The Labute approximate surface area is 133 Å². The first kappa shape index (κ1) is 17.5. The van der Waals surface area contributed by atoms with Crippen molar-refractivity contribution in [3.05, 3.63) is 12.2 Å².